The summed E-state index contributed by atoms with van der Waals surface area (Å²) >= 11 is 0. The van der Waals surface area contributed by atoms with Gasteiger partial charge in [-0.15, -0.1) is 0 Å². The maximum Gasteiger partial charge on any atom is 0.361 e. The minimum Gasteiger partial charge on any atom is -0.477 e. The van der Waals surface area contributed by atoms with Crippen molar-refractivity contribution in [1.82, 2.24) is 0 Å². The summed E-state index contributed by atoms with van der Waals surface area (Å²) in [6, 6.07) is 0. The lowest BCUT2D eigenvalue weighted by molar-refractivity contribution is -0.870. The highest BCUT2D eigenvalue weighted by Gasteiger charge is 2.25. The second-order valence-corrected chi connectivity index (χ2v) is 19.5. The van der Waals surface area contributed by atoms with Crippen molar-refractivity contribution in [2.24, 2.45) is 0 Å². The van der Waals surface area contributed by atoms with Gasteiger partial charge >= 0.3 is 17.9 Å². The Bertz CT molecular complexity index is 1720. The van der Waals surface area contributed by atoms with Crippen molar-refractivity contribution in [3.8, 4) is 0 Å². The fraction of sp³-hybridized carbons (Fsp3) is 0.585. The number of allylic oxidation sites excluding steroid dienone is 24. The lowest BCUT2D eigenvalue weighted by Gasteiger charge is -2.25. The number of aliphatic carboxylic acids is 1. The molecule has 0 spiro atoms. The van der Waals surface area contributed by atoms with E-state index < -0.39 is 24.3 Å². The van der Waals surface area contributed by atoms with Gasteiger partial charge in [0.2, 0.25) is 0 Å². The number of nitrogens with zero attached hydrogens (tertiary/aromatic N) is 1. The molecule has 0 radical (unpaired) electrons. The van der Waals surface area contributed by atoms with Gasteiger partial charge in [0.25, 0.3) is 6.29 Å². The molecule has 0 aliphatic heterocycles. The maximum absolute atomic E-state index is 12.8. The molecule has 74 heavy (non-hydrogen) atoms. The largest absolute Gasteiger partial charge is 0.477 e. The Morgan fingerprint density at radius 1 is 0.419 bits per heavy atom. The standard InChI is InChI=1S/C65H103NO8/c1-6-8-10-12-14-16-18-19-20-21-22-23-24-25-26-27-28-29-30-31-32-33-34-35-36-37-38-39-40-41-42-43-44-45-46-48-50-52-54-56-63(68)74-61(60-73-65(64(69)70)71-58-57-66(3,4)5)59-72-62(67)55-53-51-49-47-17-15-13-11-9-7-2/h8,10-11,13-14,16,19-20,22-23,25-26,28-29,31-32,34-35,37-38,40-41,43-44,61,65H,6-7,9,12,15,17-18,21,24,27,30,33,36,39,42,45-60H2,1-5H3/p+1/b10-8-,13-11-,16-14-,20-19-,23-22-,26-25-,29-28-,32-31-,35-34-,38-37-,41-40-,44-43-. The first-order valence-electron chi connectivity index (χ1n) is 28.5. The van der Waals surface area contributed by atoms with Crippen LogP contribution in [-0.4, -0.2) is 87.4 Å². The lowest BCUT2D eigenvalue weighted by atomic mass is 10.1. The van der Waals surface area contributed by atoms with Crippen LogP contribution in [0.2, 0.25) is 0 Å². The number of carbonyl (C=O) groups excluding carboxylic acids is 2. The van der Waals surface area contributed by atoms with E-state index in [0.29, 0.717) is 17.4 Å². The molecule has 0 saturated carbocycles. The summed E-state index contributed by atoms with van der Waals surface area (Å²) in [5.41, 5.74) is 0. The van der Waals surface area contributed by atoms with Crippen LogP contribution in [0, 0.1) is 0 Å². The van der Waals surface area contributed by atoms with Gasteiger partial charge in [-0.25, -0.2) is 4.79 Å². The van der Waals surface area contributed by atoms with Gasteiger partial charge in [0.15, 0.2) is 6.10 Å². The van der Waals surface area contributed by atoms with Gasteiger partial charge in [0.05, 0.1) is 34.4 Å². The Hall–Kier alpha value is -4.83. The van der Waals surface area contributed by atoms with Crippen molar-refractivity contribution in [2.75, 3.05) is 47.5 Å². The van der Waals surface area contributed by atoms with Gasteiger partial charge in [-0.3, -0.25) is 9.59 Å². The summed E-state index contributed by atoms with van der Waals surface area (Å²) in [4.78, 5) is 37.2. The van der Waals surface area contributed by atoms with E-state index in [0.717, 1.165) is 148 Å². The molecule has 416 valence electrons. The monoisotopic (exact) mass is 1030 g/mol. The molecule has 0 fully saturated rings. The second kappa shape index (κ2) is 54.4. The molecule has 9 nitrogen and oxygen atoms in total. The summed E-state index contributed by atoms with van der Waals surface area (Å²) in [6.07, 6.45) is 76.6. The number of hydrogen-bond donors (Lipinski definition) is 1. The number of ether oxygens (including phenoxy) is 4. The molecule has 0 heterocycles. The zero-order valence-corrected chi connectivity index (χ0v) is 47.2. The number of quaternary nitrogens is 1. The summed E-state index contributed by atoms with van der Waals surface area (Å²) < 4.78 is 22.7. The van der Waals surface area contributed by atoms with Crippen LogP contribution >= 0.6 is 0 Å². The lowest BCUT2D eigenvalue weighted by Crippen LogP contribution is -2.40. The maximum atomic E-state index is 12.8. The number of carboxylic acids is 1. The van der Waals surface area contributed by atoms with Crippen molar-refractivity contribution in [2.45, 2.75) is 200 Å². The van der Waals surface area contributed by atoms with E-state index in [4.69, 9.17) is 18.9 Å². The predicted molar refractivity (Wildman–Crippen MR) is 313 cm³/mol. The van der Waals surface area contributed by atoms with Crippen molar-refractivity contribution >= 4 is 17.9 Å². The molecular weight excluding hydrogens is 923 g/mol. The molecule has 0 aromatic rings. The van der Waals surface area contributed by atoms with Gasteiger partial charge in [-0.05, 0) is 116 Å². The number of rotatable bonds is 50. The van der Waals surface area contributed by atoms with Gasteiger partial charge in [-0.2, -0.15) is 0 Å². The third-order valence-corrected chi connectivity index (χ3v) is 11.3. The minimum absolute atomic E-state index is 0.175. The van der Waals surface area contributed by atoms with Crippen LogP contribution in [0.15, 0.2) is 146 Å². The third kappa shape index (κ3) is 54.9. The molecule has 9 heteroatoms. The fourth-order valence-electron chi connectivity index (χ4n) is 6.96. The SMILES string of the molecule is CC/C=C\C/C=C\C/C=C\C/C=C\C/C=C\C/C=C\C/C=C\C/C=C\C/C=C\C/C=C\C/C=C\CCCCCCCC(=O)OC(COC(=O)CCCCCCC/C=C\CCC)COC(OCC[N+](C)(C)C)C(=O)O. The van der Waals surface area contributed by atoms with Crippen LogP contribution in [0.1, 0.15) is 187 Å². The Morgan fingerprint density at radius 3 is 1.16 bits per heavy atom. The van der Waals surface area contributed by atoms with E-state index in [-0.39, 0.29) is 38.6 Å². The topological polar surface area (TPSA) is 108 Å². The highest BCUT2D eigenvalue weighted by molar-refractivity contribution is 5.71. The van der Waals surface area contributed by atoms with Crippen LogP contribution in [-0.2, 0) is 33.3 Å². The quantitative estimate of drug-likeness (QED) is 0.0211. The number of esters is 2. The van der Waals surface area contributed by atoms with Crippen LogP contribution in [0.5, 0.6) is 0 Å². The zero-order valence-electron chi connectivity index (χ0n) is 47.2. The van der Waals surface area contributed by atoms with Gasteiger partial charge in [0, 0.05) is 12.8 Å². The molecular formula is C65H104NO8+. The number of carboxylic acid groups (broad SMARTS) is 1. The first-order chi connectivity index (χ1) is 36.1. The zero-order chi connectivity index (χ0) is 54.1. The van der Waals surface area contributed by atoms with Gasteiger partial charge < -0.3 is 28.5 Å². The number of hydrogen-bond acceptors (Lipinski definition) is 7. The van der Waals surface area contributed by atoms with Gasteiger partial charge in [-0.1, -0.05) is 205 Å². The van der Waals surface area contributed by atoms with E-state index in [1.165, 1.54) is 6.42 Å². The predicted octanol–water partition coefficient (Wildman–Crippen LogP) is 16.8. The molecule has 0 rings (SSSR count). The Kier molecular flexibility index (Phi) is 50.9. The molecule has 0 amide bonds. The molecule has 0 aliphatic rings. The number of unbranched alkanes of at least 4 members (excludes halogenated alkanes) is 11. The molecule has 2 unspecified atom stereocenters. The summed E-state index contributed by atoms with van der Waals surface area (Å²) in [7, 11) is 5.94. The van der Waals surface area contributed by atoms with E-state index >= 15 is 0 Å². The smallest absolute Gasteiger partial charge is 0.361 e. The first kappa shape index (κ1) is 69.2. The molecule has 1 N–H and O–H groups in total. The van der Waals surface area contributed by atoms with Crippen LogP contribution in [0.4, 0.5) is 0 Å². The molecule has 0 aliphatic carbocycles. The fourth-order valence-corrected chi connectivity index (χ4v) is 6.96. The molecule has 2 atom stereocenters. The van der Waals surface area contributed by atoms with Crippen molar-refractivity contribution < 1.29 is 42.9 Å². The molecule has 0 aromatic carbocycles. The summed E-state index contributed by atoms with van der Waals surface area (Å²) in [5, 5.41) is 9.66. The van der Waals surface area contributed by atoms with E-state index in [1.54, 1.807) is 0 Å². The Morgan fingerprint density at radius 2 is 0.770 bits per heavy atom. The normalized spacial score (nSPS) is 13.9. The van der Waals surface area contributed by atoms with Gasteiger partial charge in [0.1, 0.15) is 13.2 Å². The van der Waals surface area contributed by atoms with Crippen LogP contribution < -0.4 is 0 Å². The van der Waals surface area contributed by atoms with Crippen LogP contribution in [0.25, 0.3) is 0 Å². The highest BCUT2D eigenvalue weighted by Crippen LogP contribution is 2.13. The first-order valence-corrected chi connectivity index (χ1v) is 28.5. The molecule has 0 bridgehead atoms. The molecule has 0 aromatic heterocycles. The number of likely N-dealkylation sites (N-methyl/N-ethyl adjacent to an activating group) is 1. The summed E-state index contributed by atoms with van der Waals surface area (Å²) in [6.45, 7) is 4.62. The summed E-state index contributed by atoms with van der Waals surface area (Å²) in [5.74, 6) is -2.07. The molecule has 0 saturated heterocycles. The minimum atomic E-state index is -1.52. The van der Waals surface area contributed by atoms with Crippen molar-refractivity contribution in [3.63, 3.8) is 0 Å². The highest BCUT2D eigenvalue weighted by atomic mass is 16.7. The second-order valence-electron chi connectivity index (χ2n) is 19.5. The number of carbonyl (C=O) groups is 3. The van der Waals surface area contributed by atoms with E-state index in [1.807, 2.05) is 21.1 Å². The van der Waals surface area contributed by atoms with Crippen LogP contribution in [0.3, 0.4) is 0 Å². The van der Waals surface area contributed by atoms with Crippen molar-refractivity contribution in [1.29, 1.82) is 0 Å². The Labute approximate surface area is 452 Å². The van der Waals surface area contributed by atoms with E-state index in [9.17, 15) is 19.5 Å². The van der Waals surface area contributed by atoms with Crippen molar-refractivity contribution in [3.05, 3.63) is 146 Å². The Balaban J connectivity index is 4.21. The average Bonchev–Trinajstić information content (AvgIpc) is 3.37. The third-order valence-electron chi connectivity index (χ3n) is 11.3. The average molecular weight is 1030 g/mol. The van der Waals surface area contributed by atoms with E-state index in [2.05, 4.69) is 160 Å².